The lowest BCUT2D eigenvalue weighted by Gasteiger charge is -2.39. The lowest BCUT2D eigenvalue weighted by atomic mass is 9.64. The summed E-state index contributed by atoms with van der Waals surface area (Å²) in [6.45, 7) is 13.6. The van der Waals surface area contributed by atoms with Crippen LogP contribution in [0.2, 0.25) is 0 Å². The Morgan fingerprint density at radius 2 is 2.04 bits per heavy atom. The summed E-state index contributed by atoms with van der Waals surface area (Å²) in [6, 6.07) is 0. The standard InChI is InChI=1S/C20H24O3/c1-10(2)13-7-6-11(3)16-14(13)8-12(4)18(21)15-9-20(5,23)19(22)17(15)16/h8,13-14,16,23H,1,3,6-7,9H2,2,4-5H3/t13?,14-,16?,20+/m0/s1. The largest absolute Gasteiger partial charge is 0.382 e. The van der Waals surface area contributed by atoms with Gasteiger partial charge in [-0.25, -0.2) is 0 Å². The summed E-state index contributed by atoms with van der Waals surface area (Å²) < 4.78 is 0. The number of Topliss-reactive ketones (excluding diaryl/α,β-unsaturated/α-hetero) is 2. The zero-order valence-electron chi connectivity index (χ0n) is 14.1. The minimum absolute atomic E-state index is 0.0306. The van der Waals surface area contributed by atoms with Gasteiger partial charge in [-0.1, -0.05) is 30.4 Å². The van der Waals surface area contributed by atoms with Crippen LogP contribution in [0, 0.1) is 17.8 Å². The summed E-state index contributed by atoms with van der Waals surface area (Å²) in [5.74, 6) is -0.318. The molecule has 0 aliphatic heterocycles. The van der Waals surface area contributed by atoms with Crippen LogP contribution in [0.3, 0.4) is 0 Å². The Morgan fingerprint density at radius 3 is 2.65 bits per heavy atom. The van der Waals surface area contributed by atoms with Crippen molar-refractivity contribution in [3.8, 4) is 0 Å². The van der Waals surface area contributed by atoms with E-state index in [0.717, 1.165) is 24.0 Å². The van der Waals surface area contributed by atoms with Gasteiger partial charge in [-0.2, -0.15) is 0 Å². The number of hydrogen-bond donors (Lipinski definition) is 1. The molecular weight excluding hydrogens is 288 g/mol. The maximum Gasteiger partial charge on any atom is 0.191 e. The summed E-state index contributed by atoms with van der Waals surface area (Å²) in [7, 11) is 0. The van der Waals surface area contributed by atoms with Crippen LogP contribution in [0.15, 0.2) is 47.1 Å². The Morgan fingerprint density at radius 1 is 1.39 bits per heavy atom. The maximum absolute atomic E-state index is 12.8. The molecule has 3 aliphatic carbocycles. The second kappa shape index (κ2) is 5.13. The normalized spacial score (nSPS) is 37.3. The van der Waals surface area contributed by atoms with Gasteiger partial charge in [-0.05, 0) is 51.0 Å². The molecule has 1 N–H and O–H groups in total. The molecule has 0 aromatic carbocycles. The van der Waals surface area contributed by atoms with Gasteiger partial charge in [0, 0.05) is 23.5 Å². The van der Waals surface area contributed by atoms with Crippen molar-refractivity contribution in [1.82, 2.24) is 0 Å². The van der Waals surface area contributed by atoms with Crippen molar-refractivity contribution < 1.29 is 14.7 Å². The first kappa shape index (κ1) is 16.1. The number of carbonyl (C=O) groups is 2. The number of hydrogen-bond acceptors (Lipinski definition) is 3. The third-order valence-electron chi connectivity index (χ3n) is 5.66. The maximum atomic E-state index is 12.8. The highest BCUT2D eigenvalue weighted by Crippen LogP contribution is 2.51. The van der Waals surface area contributed by atoms with Gasteiger partial charge in [0.25, 0.3) is 0 Å². The van der Waals surface area contributed by atoms with Crippen molar-refractivity contribution in [3.05, 3.63) is 47.1 Å². The SMILES string of the molecule is C=C(C)C1CCC(=C)C2C3=C(C[C@@](C)(O)C3=O)C(=O)C(C)=C[C@@H]12. The smallest absolute Gasteiger partial charge is 0.191 e. The van der Waals surface area contributed by atoms with Crippen molar-refractivity contribution in [1.29, 1.82) is 0 Å². The lowest BCUT2D eigenvalue weighted by Crippen LogP contribution is -2.37. The molecule has 0 aromatic rings. The van der Waals surface area contributed by atoms with Crippen molar-refractivity contribution in [3.63, 3.8) is 0 Å². The molecule has 3 nitrogen and oxygen atoms in total. The van der Waals surface area contributed by atoms with Crippen LogP contribution in [0.25, 0.3) is 0 Å². The van der Waals surface area contributed by atoms with E-state index >= 15 is 0 Å². The molecule has 0 bridgehead atoms. The number of ketones is 2. The first-order valence-electron chi connectivity index (χ1n) is 8.21. The van der Waals surface area contributed by atoms with Crippen molar-refractivity contribution in [2.24, 2.45) is 17.8 Å². The summed E-state index contributed by atoms with van der Waals surface area (Å²) in [5, 5.41) is 10.4. The van der Waals surface area contributed by atoms with Crippen molar-refractivity contribution in [2.75, 3.05) is 0 Å². The first-order chi connectivity index (χ1) is 10.6. The lowest BCUT2D eigenvalue weighted by molar-refractivity contribution is -0.130. The predicted octanol–water partition coefficient (Wildman–Crippen LogP) is 3.31. The monoisotopic (exact) mass is 312 g/mol. The zero-order chi connectivity index (χ0) is 17.1. The number of fused-ring (bicyclic) bond motifs is 2. The van der Waals surface area contributed by atoms with Crippen LogP contribution < -0.4 is 0 Å². The van der Waals surface area contributed by atoms with Crippen LogP contribution in [0.1, 0.15) is 40.0 Å². The van der Waals surface area contributed by atoms with Gasteiger partial charge in [0.05, 0.1) is 0 Å². The topological polar surface area (TPSA) is 54.4 Å². The molecule has 0 amide bonds. The number of rotatable bonds is 1. The van der Waals surface area contributed by atoms with E-state index in [4.69, 9.17) is 0 Å². The van der Waals surface area contributed by atoms with E-state index in [-0.39, 0.29) is 35.7 Å². The molecule has 3 heteroatoms. The van der Waals surface area contributed by atoms with Crippen molar-refractivity contribution >= 4 is 11.6 Å². The van der Waals surface area contributed by atoms with Crippen LogP contribution >= 0.6 is 0 Å². The summed E-state index contributed by atoms with van der Waals surface area (Å²) in [4.78, 5) is 25.5. The molecule has 0 saturated heterocycles. The minimum atomic E-state index is -1.47. The number of aliphatic hydroxyl groups is 1. The Bertz CT molecular complexity index is 702. The number of carbonyl (C=O) groups excluding carboxylic acids is 2. The number of allylic oxidation sites excluding steroid dienone is 4. The molecule has 0 heterocycles. The van der Waals surface area contributed by atoms with Gasteiger partial charge in [0.15, 0.2) is 11.6 Å². The molecule has 3 rings (SSSR count). The molecule has 3 aliphatic rings. The van der Waals surface area contributed by atoms with Crippen LogP contribution in [0.4, 0.5) is 0 Å². The molecule has 0 radical (unpaired) electrons. The van der Waals surface area contributed by atoms with Gasteiger partial charge < -0.3 is 5.11 Å². The third kappa shape index (κ3) is 2.29. The molecule has 122 valence electrons. The molecule has 0 spiro atoms. The van der Waals surface area contributed by atoms with E-state index < -0.39 is 5.60 Å². The minimum Gasteiger partial charge on any atom is -0.382 e. The Labute approximate surface area is 137 Å². The van der Waals surface area contributed by atoms with Gasteiger partial charge in [-0.15, -0.1) is 0 Å². The van der Waals surface area contributed by atoms with Gasteiger partial charge in [0.2, 0.25) is 0 Å². The van der Waals surface area contributed by atoms with E-state index in [2.05, 4.69) is 13.2 Å². The molecule has 2 unspecified atom stereocenters. The first-order valence-corrected chi connectivity index (χ1v) is 8.21. The van der Waals surface area contributed by atoms with Gasteiger partial charge >= 0.3 is 0 Å². The third-order valence-corrected chi connectivity index (χ3v) is 5.66. The fourth-order valence-electron chi connectivity index (χ4n) is 4.46. The molecule has 1 fully saturated rings. The average Bonchev–Trinajstić information content (AvgIpc) is 2.62. The predicted molar refractivity (Wildman–Crippen MR) is 89.7 cm³/mol. The highest BCUT2D eigenvalue weighted by Gasteiger charge is 2.51. The summed E-state index contributed by atoms with van der Waals surface area (Å²) in [5.41, 5.74) is 2.25. The Kier molecular flexibility index (Phi) is 3.60. The summed E-state index contributed by atoms with van der Waals surface area (Å²) >= 11 is 0. The second-order valence-corrected chi connectivity index (χ2v) is 7.56. The highest BCUT2D eigenvalue weighted by molar-refractivity contribution is 6.19. The fraction of sp³-hybridized carbons (Fsp3) is 0.500. The quantitative estimate of drug-likeness (QED) is 0.756. The van der Waals surface area contributed by atoms with Crippen LogP contribution in [-0.4, -0.2) is 22.3 Å². The Balaban J connectivity index is 2.21. The molecular formula is C20H24O3. The molecule has 1 saturated carbocycles. The van der Waals surface area contributed by atoms with Gasteiger partial charge in [0.1, 0.15) is 5.60 Å². The second-order valence-electron chi connectivity index (χ2n) is 7.56. The molecule has 4 atom stereocenters. The van der Waals surface area contributed by atoms with Crippen molar-refractivity contribution in [2.45, 2.75) is 45.6 Å². The van der Waals surface area contributed by atoms with Crippen LogP contribution in [-0.2, 0) is 9.59 Å². The average molecular weight is 312 g/mol. The van der Waals surface area contributed by atoms with E-state index in [1.165, 1.54) is 6.92 Å². The van der Waals surface area contributed by atoms with Crippen LogP contribution in [0.5, 0.6) is 0 Å². The zero-order valence-corrected chi connectivity index (χ0v) is 14.1. The van der Waals surface area contributed by atoms with E-state index in [1.54, 1.807) is 6.92 Å². The van der Waals surface area contributed by atoms with E-state index in [1.807, 2.05) is 13.0 Å². The Hall–Kier alpha value is -1.74. The van der Waals surface area contributed by atoms with Gasteiger partial charge in [-0.3, -0.25) is 9.59 Å². The summed E-state index contributed by atoms with van der Waals surface area (Å²) in [6.07, 6.45) is 3.89. The molecule has 0 aromatic heterocycles. The fourth-order valence-corrected chi connectivity index (χ4v) is 4.46. The highest BCUT2D eigenvalue weighted by atomic mass is 16.3. The molecule has 23 heavy (non-hydrogen) atoms. The van der Waals surface area contributed by atoms with E-state index in [9.17, 15) is 14.7 Å². The van der Waals surface area contributed by atoms with E-state index in [0.29, 0.717) is 16.7 Å².